The van der Waals surface area contributed by atoms with Crippen molar-refractivity contribution < 1.29 is 18.0 Å². The quantitative estimate of drug-likeness (QED) is 0.797. The van der Waals surface area contributed by atoms with Crippen LogP contribution in [0.4, 0.5) is 35.3 Å². The number of carbonyl (C=O) groups is 1. The molecular weight excluding hydrogens is 323 g/mol. The fraction of sp³-hybridized carbons (Fsp3) is 0.267. The average molecular weight is 337 g/mol. The van der Waals surface area contributed by atoms with Crippen molar-refractivity contribution in [3.05, 3.63) is 42.0 Å². The monoisotopic (exact) mass is 337 g/mol. The van der Waals surface area contributed by atoms with Crippen molar-refractivity contribution in [3.8, 4) is 0 Å². The largest absolute Gasteiger partial charge is 0.418 e. The van der Waals surface area contributed by atoms with Gasteiger partial charge in [-0.05, 0) is 37.1 Å². The maximum absolute atomic E-state index is 12.9. The highest BCUT2D eigenvalue weighted by Gasteiger charge is 2.33. The van der Waals surface area contributed by atoms with Gasteiger partial charge in [-0.2, -0.15) is 13.2 Å². The molecule has 1 aliphatic rings. The lowest BCUT2D eigenvalue weighted by atomic mass is 10.1. The van der Waals surface area contributed by atoms with Crippen LogP contribution in [0.1, 0.15) is 18.4 Å². The Morgan fingerprint density at radius 2 is 1.71 bits per heavy atom. The van der Waals surface area contributed by atoms with Crippen molar-refractivity contribution in [1.29, 1.82) is 0 Å². The van der Waals surface area contributed by atoms with E-state index in [0.717, 1.165) is 18.9 Å². The summed E-state index contributed by atoms with van der Waals surface area (Å²) >= 11 is 0. The van der Waals surface area contributed by atoms with Gasteiger partial charge >= 0.3 is 12.2 Å². The third kappa shape index (κ3) is 4.12. The standard InChI is InChI=1S/C15H14F3N5O/c16-15(17,18)10-3-1-2-4-11(10)20-12-7-8-13(23-22-12)21-14(24)19-9-5-6-9/h1-4,7-9H,5-6H2,(H,20,22)(H2,19,21,23,24). The molecule has 1 fully saturated rings. The summed E-state index contributed by atoms with van der Waals surface area (Å²) in [5.41, 5.74) is -0.913. The molecule has 24 heavy (non-hydrogen) atoms. The van der Waals surface area contributed by atoms with Crippen LogP contribution in [-0.4, -0.2) is 22.3 Å². The predicted octanol–water partition coefficient (Wildman–Crippen LogP) is 3.52. The van der Waals surface area contributed by atoms with Crippen LogP contribution in [0.25, 0.3) is 0 Å². The normalized spacial score (nSPS) is 14.1. The van der Waals surface area contributed by atoms with Crippen LogP contribution in [0.5, 0.6) is 0 Å². The Morgan fingerprint density at radius 3 is 2.33 bits per heavy atom. The molecule has 1 aromatic carbocycles. The van der Waals surface area contributed by atoms with E-state index in [-0.39, 0.29) is 29.4 Å². The average Bonchev–Trinajstić information content (AvgIpc) is 3.32. The van der Waals surface area contributed by atoms with Crippen molar-refractivity contribution in [1.82, 2.24) is 15.5 Å². The minimum Gasteiger partial charge on any atom is -0.338 e. The lowest BCUT2D eigenvalue weighted by Crippen LogP contribution is -2.30. The minimum atomic E-state index is -4.47. The van der Waals surface area contributed by atoms with Gasteiger partial charge in [0, 0.05) is 6.04 Å². The van der Waals surface area contributed by atoms with E-state index in [1.54, 1.807) is 0 Å². The molecule has 6 nitrogen and oxygen atoms in total. The van der Waals surface area contributed by atoms with Crippen molar-refractivity contribution in [2.24, 2.45) is 0 Å². The van der Waals surface area contributed by atoms with E-state index >= 15 is 0 Å². The number of hydrogen-bond acceptors (Lipinski definition) is 4. The first-order chi connectivity index (χ1) is 11.4. The number of benzene rings is 1. The van der Waals surface area contributed by atoms with Crippen LogP contribution in [-0.2, 0) is 6.18 Å². The molecule has 2 aromatic rings. The number of aromatic nitrogens is 2. The number of para-hydroxylation sites is 1. The van der Waals surface area contributed by atoms with Gasteiger partial charge in [0.2, 0.25) is 0 Å². The van der Waals surface area contributed by atoms with Crippen LogP contribution in [0.15, 0.2) is 36.4 Å². The minimum absolute atomic E-state index is 0.119. The van der Waals surface area contributed by atoms with Gasteiger partial charge in [-0.15, -0.1) is 10.2 Å². The molecule has 1 saturated carbocycles. The molecule has 3 rings (SSSR count). The summed E-state index contributed by atoms with van der Waals surface area (Å²) in [7, 11) is 0. The highest BCUT2D eigenvalue weighted by atomic mass is 19.4. The summed E-state index contributed by atoms with van der Waals surface area (Å²) in [5, 5.41) is 15.4. The van der Waals surface area contributed by atoms with Gasteiger partial charge in [-0.25, -0.2) is 4.79 Å². The summed E-state index contributed by atoms with van der Waals surface area (Å²) in [4.78, 5) is 11.6. The SMILES string of the molecule is O=C(Nc1ccc(Nc2ccccc2C(F)(F)F)nn1)NC1CC1. The number of nitrogens with zero attached hydrogens (tertiary/aromatic N) is 2. The Kier molecular flexibility index (Phi) is 4.24. The van der Waals surface area contributed by atoms with Crippen molar-refractivity contribution in [3.63, 3.8) is 0 Å². The topological polar surface area (TPSA) is 78.9 Å². The summed E-state index contributed by atoms with van der Waals surface area (Å²) < 4.78 is 38.8. The third-order valence-electron chi connectivity index (χ3n) is 3.31. The summed E-state index contributed by atoms with van der Waals surface area (Å²) in [6, 6.07) is 7.81. The zero-order valence-corrected chi connectivity index (χ0v) is 12.4. The van der Waals surface area contributed by atoms with Gasteiger partial charge in [0.05, 0.1) is 11.3 Å². The summed E-state index contributed by atoms with van der Waals surface area (Å²) in [5.74, 6) is 0.350. The van der Waals surface area contributed by atoms with E-state index in [1.165, 1.54) is 30.3 Å². The van der Waals surface area contributed by atoms with Crippen molar-refractivity contribution >= 4 is 23.4 Å². The number of anilines is 3. The molecule has 1 aliphatic carbocycles. The maximum atomic E-state index is 12.9. The fourth-order valence-electron chi connectivity index (χ4n) is 2.01. The second-order valence-electron chi connectivity index (χ2n) is 5.34. The summed E-state index contributed by atoms with van der Waals surface area (Å²) in [6.07, 6.45) is -2.56. The van der Waals surface area contributed by atoms with Gasteiger partial charge in [0.1, 0.15) is 0 Å². The Morgan fingerprint density at radius 1 is 1.04 bits per heavy atom. The van der Waals surface area contributed by atoms with Gasteiger partial charge < -0.3 is 10.6 Å². The van der Waals surface area contributed by atoms with Crippen molar-refractivity contribution in [2.75, 3.05) is 10.6 Å². The highest BCUT2D eigenvalue weighted by Crippen LogP contribution is 2.35. The zero-order chi connectivity index (χ0) is 17.2. The molecule has 3 N–H and O–H groups in total. The molecule has 0 atom stereocenters. The first-order valence-electron chi connectivity index (χ1n) is 7.26. The molecule has 1 heterocycles. The van der Waals surface area contributed by atoms with E-state index in [9.17, 15) is 18.0 Å². The van der Waals surface area contributed by atoms with E-state index in [4.69, 9.17) is 0 Å². The Labute approximate surface area is 135 Å². The van der Waals surface area contributed by atoms with Crippen molar-refractivity contribution in [2.45, 2.75) is 25.1 Å². The number of rotatable bonds is 4. The maximum Gasteiger partial charge on any atom is 0.418 e. The Bertz CT molecular complexity index is 729. The number of hydrogen-bond donors (Lipinski definition) is 3. The number of urea groups is 1. The molecule has 0 aliphatic heterocycles. The molecule has 0 radical (unpaired) electrons. The zero-order valence-electron chi connectivity index (χ0n) is 12.4. The van der Waals surface area contributed by atoms with E-state index in [1.807, 2.05) is 0 Å². The van der Waals surface area contributed by atoms with Crippen LogP contribution in [0.2, 0.25) is 0 Å². The van der Waals surface area contributed by atoms with Crippen LogP contribution >= 0.6 is 0 Å². The first-order valence-corrected chi connectivity index (χ1v) is 7.26. The second-order valence-corrected chi connectivity index (χ2v) is 5.34. The number of nitrogens with one attached hydrogen (secondary N) is 3. The lowest BCUT2D eigenvalue weighted by molar-refractivity contribution is -0.136. The fourth-order valence-corrected chi connectivity index (χ4v) is 2.01. The molecule has 126 valence electrons. The molecule has 1 aromatic heterocycles. The number of halogens is 3. The Hall–Kier alpha value is -2.84. The van der Waals surface area contributed by atoms with Crippen LogP contribution in [0.3, 0.4) is 0 Å². The highest BCUT2D eigenvalue weighted by molar-refractivity contribution is 5.88. The molecule has 2 amide bonds. The molecule has 9 heteroatoms. The predicted molar refractivity (Wildman–Crippen MR) is 81.9 cm³/mol. The van der Waals surface area contributed by atoms with Gasteiger partial charge in [0.25, 0.3) is 0 Å². The molecule has 0 saturated heterocycles. The number of carbonyl (C=O) groups excluding carboxylic acids is 1. The first kappa shape index (κ1) is 16.0. The van der Waals surface area contributed by atoms with E-state index < -0.39 is 11.7 Å². The molecular formula is C15H14F3N5O. The summed E-state index contributed by atoms with van der Waals surface area (Å²) in [6.45, 7) is 0. The van der Waals surface area contributed by atoms with Gasteiger partial charge in [0.15, 0.2) is 11.6 Å². The third-order valence-corrected chi connectivity index (χ3v) is 3.31. The Balaban J connectivity index is 1.67. The number of alkyl halides is 3. The van der Waals surface area contributed by atoms with Gasteiger partial charge in [-0.3, -0.25) is 5.32 Å². The number of amides is 2. The molecule has 0 unspecified atom stereocenters. The van der Waals surface area contributed by atoms with E-state index in [0.29, 0.717) is 0 Å². The van der Waals surface area contributed by atoms with E-state index in [2.05, 4.69) is 26.1 Å². The smallest absolute Gasteiger partial charge is 0.338 e. The van der Waals surface area contributed by atoms with Gasteiger partial charge in [-0.1, -0.05) is 12.1 Å². The lowest BCUT2D eigenvalue weighted by Gasteiger charge is -2.13. The van der Waals surface area contributed by atoms with Crippen LogP contribution < -0.4 is 16.0 Å². The molecule has 0 spiro atoms. The second kappa shape index (κ2) is 6.34. The van der Waals surface area contributed by atoms with Crippen LogP contribution in [0, 0.1) is 0 Å². The molecule has 0 bridgehead atoms.